The zero-order valence-electron chi connectivity index (χ0n) is 12.0. The van der Waals surface area contributed by atoms with E-state index in [2.05, 4.69) is 10.4 Å². The maximum absolute atomic E-state index is 12.7. The lowest BCUT2D eigenvalue weighted by molar-refractivity contribution is -0.141. The molecule has 0 aromatic carbocycles. The number of halogens is 3. The standard InChI is InChI=1S/C14H20F3N3O/c1-2-4-13(21)18-7-3-8-20-11(10-5-6-10)9-12(19-20)14(15,16)17/h9-10H,2-8H2,1H3,(H,18,21). The van der Waals surface area contributed by atoms with Crippen molar-refractivity contribution in [2.45, 2.75) is 57.7 Å². The molecule has 0 radical (unpaired) electrons. The van der Waals surface area contributed by atoms with Gasteiger partial charge < -0.3 is 5.32 Å². The van der Waals surface area contributed by atoms with E-state index < -0.39 is 11.9 Å². The van der Waals surface area contributed by atoms with Gasteiger partial charge in [0.1, 0.15) is 0 Å². The van der Waals surface area contributed by atoms with Crippen molar-refractivity contribution in [3.63, 3.8) is 0 Å². The Morgan fingerprint density at radius 3 is 2.76 bits per heavy atom. The first-order valence-corrected chi connectivity index (χ1v) is 7.33. The number of carbonyl (C=O) groups excluding carboxylic acids is 1. The fourth-order valence-electron chi connectivity index (χ4n) is 2.23. The van der Waals surface area contributed by atoms with Gasteiger partial charge in [-0.3, -0.25) is 9.48 Å². The van der Waals surface area contributed by atoms with E-state index >= 15 is 0 Å². The first-order valence-electron chi connectivity index (χ1n) is 7.33. The summed E-state index contributed by atoms with van der Waals surface area (Å²) in [5.74, 6) is 0.194. The van der Waals surface area contributed by atoms with Crippen molar-refractivity contribution >= 4 is 5.91 Å². The third kappa shape index (κ3) is 4.47. The molecule has 1 aromatic heterocycles. The summed E-state index contributed by atoms with van der Waals surface area (Å²) in [6.07, 6.45) is -0.704. The van der Waals surface area contributed by atoms with Crippen molar-refractivity contribution in [1.29, 1.82) is 0 Å². The Hall–Kier alpha value is -1.53. The Labute approximate surface area is 121 Å². The summed E-state index contributed by atoms with van der Waals surface area (Å²) in [4.78, 5) is 11.3. The highest BCUT2D eigenvalue weighted by Gasteiger charge is 2.37. The molecule has 0 unspecified atom stereocenters. The van der Waals surface area contributed by atoms with Gasteiger partial charge in [-0.05, 0) is 31.7 Å². The van der Waals surface area contributed by atoms with Crippen molar-refractivity contribution in [3.05, 3.63) is 17.5 Å². The minimum absolute atomic E-state index is 0.0173. The Bertz CT molecular complexity index is 492. The quantitative estimate of drug-likeness (QED) is 0.787. The molecule has 1 aliphatic rings. The van der Waals surface area contributed by atoms with E-state index in [1.54, 1.807) is 0 Å². The van der Waals surface area contributed by atoms with Gasteiger partial charge in [0.25, 0.3) is 0 Å². The number of rotatable bonds is 7. The van der Waals surface area contributed by atoms with Gasteiger partial charge in [0.2, 0.25) is 5.91 Å². The Kier molecular flexibility index (Phi) is 4.90. The molecule has 1 amide bonds. The van der Waals surface area contributed by atoms with Crippen LogP contribution < -0.4 is 5.32 Å². The number of alkyl halides is 3. The predicted octanol–water partition coefficient (Wildman–Crippen LogP) is 3.09. The zero-order chi connectivity index (χ0) is 15.5. The summed E-state index contributed by atoms with van der Waals surface area (Å²) < 4.78 is 39.6. The highest BCUT2D eigenvalue weighted by Crippen LogP contribution is 2.42. The number of hydrogen-bond donors (Lipinski definition) is 1. The van der Waals surface area contributed by atoms with E-state index in [9.17, 15) is 18.0 Å². The molecule has 1 saturated carbocycles. The van der Waals surface area contributed by atoms with Crippen molar-refractivity contribution in [1.82, 2.24) is 15.1 Å². The van der Waals surface area contributed by atoms with E-state index in [0.717, 1.165) is 25.3 Å². The number of amides is 1. The topological polar surface area (TPSA) is 46.9 Å². The van der Waals surface area contributed by atoms with Crippen molar-refractivity contribution in [2.24, 2.45) is 0 Å². The number of aromatic nitrogens is 2. The monoisotopic (exact) mass is 303 g/mol. The molecule has 0 saturated heterocycles. The summed E-state index contributed by atoms with van der Waals surface area (Å²) in [5.41, 5.74) is -0.151. The third-order valence-corrected chi connectivity index (χ3v) is 3.44. The molecule has 4 nitrogen and oxygen atoms in total. The maximum atomic E-state index is 12.7. The second kappa shape index (κ2) is 6.49. The molecule has 0 spiro atoms. The average molecular weight is 303 g/mol. The first kappa shape index (κ1) is 15.9. The van der Waals surface area contributed by atoms with E-state index in [0.29, 0.717) is 31.6 Å². The molecule has 21 heavy (non-hydrogen) atoms. The second-order valence-electron chi connectivity index (χ2n) is 5.40. The van der Waals surface area contributed by atoms with Gasteiger partial charge >= 0.3 is 6.18 Å². The van der Waals surface area contributed by atoms with Crippen LogP contribution in [-0.2, 0) is 17.5 Å². The minimum atomic E-state index is -4.40. The summed E-state index contributed by atoms with van der Waals surface area (Å²) in [6.45, 7) is 2.78. The Balaban J connectivity index is 1.90. The molecule has 7 heteroatoms. The largest absolute Gasteiger partial charge is 0.435 e. The van der Waals surface area contributed by atoms with E-state index in [1.165, 1.54) is 4.68 Å². The molecule has 1 fully saturated rings. The number of nitrogens with zero attached hydrogens (tertiary/aromatic N) is 2. The van der Waals surface area contributed by atoms with Gasteiger partial charge in [0, 0.05) is 31.1 Å². The van der Waals surface area contributed by atoms with Gasteiger partial charge in [-0.2, -0.15) is 18.3 Å². The molecule has 118 valence electrons. The summed E-state index contributed by atoms with van der Waals surface area (Å²) in [7, 11) is 0. The fraction of sp³-hybridized carbons (Fsp3) is 0.714. The van der Waals surface area contributed by atoms with Gasteiger partial charge in [0.15, 0.2) is 5.69 Å². The molecular weight excluding hydrogens is 283 g/mol. The van der Waals surface area contributed by atoms with Crippen molar-refractivity contribution in [2.75, 3.05) is 6.54 Å². The SMILES string of the molecule is CCCC(=O)NCCCn1nc(C(F)(F)F)cc1C1CC1. The number of hydrogen-bond acceptors (Lipinski definition) is 2. The molecule has 0 bridgehead atoms. The molecule has 2 rings (SSSR count). The van der Waals surface area contributed by atoms with Crippen LogP contribution in [0.5, 0.6) is 0 Å². The number of aryl methyl sites for hydroxylation is 1. The van der Waals surface area contributed by atoms with Crippen molar-refractivity contribution in [3.8, 4) is 0 Å². The van der Waals surface area contributed by atoms with Gasteiger partial charge in [-0.1, -0.05) is 6.92 Å². The molecule has 1 aromatic rings. The molecule has 1 heterocycles. The molecule has 0 aliphatic heterocycles. The van der Waals surface area contributed by atoms with Crippen molar-refractivity contribution < 1.29 is 18.0 Å². The van der Waals surface area contributed by atoms with Crippen LogP contribution in [0.4, 0.5) is 13.2 Å². The number of nitrogens with one attached hydrogen (secondary N) is 1. The van der Waals surface area contributed by atoms with Crippen LogP contribution in [0, 0.1) is 0 Å². The van der Waals surface area contributed by atoms with Crippen LogP contribution in [-0.4, -0.2) is 22.2 Å². The maximum Gasteiger partial charge on any atom is 0.435 e. The third-order valence-electron chi connectivity index (χ3n) is 3.44. The second-order valence-corrected chi connectivity index (χ2v) is 5.40. The van der Waals surface area contributed by atoms with Crippen LogP contribution >= 0.6 is 0 Å². The Morgan fingerprint density at radius 1 is 1.48 bits per heavy atom. The highest BCUT2D eigenvalue weighted by molar-refractivity contribution is 5.75. The zero-order valence-corrected chi connectivity index (χ0v) is 12.0. The molecule has 0 atom stereocenters. The summed E-state index contributed by atoms with van der Waals surface area (Å²) in [6, 6.07) is 1.16. The lowest BCUT2D eigenvalue weighted by Gasteiger charge is -2.07. The summed E-state index contributed by atoms with van der Waals surface area (Å²) >= 11 is 0. The number of carbonyl (C=O) groups is 1. The van der Waals surface area contributed by atoms with Gasteiger partial charge in [-0.25, -0.2) is 0 Å². The average Bonchev–Trinajstić information content (AvgIpc) is 3.14. The Morgan fingerprint density at radius 2 is 2.19 bits per heavy atom. The van der Waals surface area contributed by atoms with Crippen LogP contribution in [0.2, 0.25) is 0 Å². The molecule has 1 N–H and O–H groups in total. The predicted molar refractivity (Wildman–Crippen MR) is 71.7 cm³/mol. The van der Waals surface area contributed by atoms with Gasteiger partial charge in [-0.15, -0.1) is 0 Å². The fourth-order valence-corrected chi connectivity index (χ4v) is 2.23. The van der Waals surface area contributed by atoms with Gasteiger partial charge in [0.05, 0.1) is 0 Å². The molecular formula is C14H20F3N3O. The lowest BCUT2D eigenvalue weighted by atomic mass is 10.2. The first-order chi connectivity index (χ1) is 9.91. The lowest BCUT2D eigenvalue weighted by Crippen LogP contribution is -2.25. The molecule has 1 aliphatic carbocycles. The van der Waals surface area contributed by atoms with Crippen LogP contribution in [0.3, 0.4) is 0 Å². The highest BCUT2D eigenvalue weighted by atomic mass is 19.4. The van der Waals surface area contributed by atoms with Crippen LogP contribution in [0.25, 0.3) is 0 Å². The van der Waals surface area contributed by atoms with Crippen LogP contribution in [0.1, 0.15) is 56.3 Å². The van der Waals surface area contributed by atoms with E-state index in [4.69, 9.17) is 0 Å². The minimum Gasteiger partial charge on any atom is -0.356 e. The van der Waals surface area contributed by atoms with E-state index in [-0.39, 0.29) is 11.8 Å². The van der Waals surface area contributed by atoms with Crippen LogP contribution in [0.15, 0.2) is 6.07 Å². The van der Waals surface area contributed by atoms with E-state index in [1.807, 2.05) is 6.92 Å². The normalized spacial score (nSPS) is 15.2. The smallest absolute Gasteiger partial charge is 0.356 e. The summed E-state index contributed by atoms with van der Waals surface area (Å²) in [5, 5.41) is 6.43.